The highest BCUT2D eigenvalue weighted by Crippen LogP contribution is 2.21. The van der Waals surface area contributed by atoms with E-state index in [9.17, 15) is 0 Å². The maximum atomic E-state index is 5.90. The van der Waals surface area contributed by atoms with E-state index < -0.39 is 0 Å². The first kappa shape index (κ1) is 11.6. The van der Waals surface area contributed by atoms with Gasteiger partial charge in [-0.3, -0.25) is 0 Å². The molecule has 1 heterocycles. The van der Waals surface area contributed by atoms with Crippen molar-refractivity contribution in [3.63, 3.8) is 0 Å². The van der Waals surface area contributed by atoms with Crippen LogP contribution in [0, 0.1) is 0 Å². The number of unbranched alkanes of at least 4 members (excludes halogenated alkanes) is 1. The zero-order chi connectivity index (χ0) is 11.1. The molecule has 0 fully saturated rings. The summed E-state index contributed by atoms with van der Waals surface area (Å²) in [6, 6.07) is 0. The molecule has 0 aliphatic heterocycles. The van der Waals surface area contributed by atoms with Gasteiger partial charge in [0, 0.05) is 13.1 Å². The predicted molar refractivity (Wildman–Crippen MR) is 64.0 cm³/mol. The topological polar surface area (TPSA) is 75.9 Å². The average molecular weight is 209 g/mol. The van der Waals surface area contributed by atoms with Crippen LogP contribution in [-0.4, -0.2) is 23.1 Å². The van der Waals surface area contributed by atoms with Crippen molar-refractivity contribution in [1.29, 1.82) is 0 Å². The van der Waals surface area contributed by atoms with E-state index in [0.29, 0.717) is 11.5 Å². The molecule has 5 nitrogen and oxygen atoms in total. The zero-order valence-electron chi connectivity index (χ0n) is 9.38. The number of anilines is 3. The number of hydrogen-bond donors (Lipinski definition) is 3. The summed E-state index contributed by atoms with van der Waals surface area (Å²) >= 11 is 0. The quantitative estimate of drug-likeness (QED) is 0.622. The van der Waals surface area contributed by atoms with Gasteiger partial charge in [0.2, 0.25) is 0 Å². The van der Waals surface area contributed by atoms with Gasteiger partial charge in [0.25, 0.3) is 0 Å². The number of nitrogens with two attached hydrogens (primary N) is 1. The molecule has 0 aliphatic carbocycles. The Kier molecular flexibility index (Phi) is 4.66. The van der Waals surface area contributed by atoms with E-state index in [-0.39, 0.29) is 0 Å². The molecule has 84 valence electrons. The first-order chi connectivity index (χ1) is 7.29. The molecule has 0 saturated carbocycles. The van der Waals surface area contributed by atoms with E-state index >= 15 is 0 Å². The highest BCUT2D eigenvalue weighted by Gasteiger charge is 2.05. The molecular formula is C10H19N5. The van der Waals surface area contributed by atoms with Gasteiger partial charge in [-0.2, -0.15) is 0 Å². The Morgan fingerprint density at radius 1 is 1.20 bits per heavy atom. The van der Waals surface area contributed by atoms with Gasteiger partial charge in [0.15, 0.2) is 11.6 Å². The summed E-state index contributed by atoms with van der Waals surface area (Å²) in [6.45, 7) is 5.85. The zero-order valence-corrected chi connectivity index (χ0v) is 9.38. The van der Waals surface area contributed by atoms with E-state index in [1.54, 1.807) is 0 Å². The third-order valence-electron chi connectivity index (χ3n) is 2.05. The Hall–Kier alpha value is -1.52. The third kappa shape index (κ3) is 3.27. The fourth-order valence-electron chi connectivity index (χ4n) is 1.23. The molecule has 15 heavy (non-hydrogen) atoms. The molecule has 4 N–H and O–H groups in total. The lowest BCUT2D eigenvalue weighted by Gasteiger charge is -2.10. The van der Waals surface area contributed by atoms with Crippen LogP contribution in [0.15, 0.2) is 6.33 Å². The molecule has 1 rings (SSSR count). The van der Waals surface area contributed by atoms with Crippen molar-refractivity contribution in [3.8, 4) is 0 Å². The molecule has 0 saturated heterocycles. The normalized spacial score (nSPS) is 10.0. The van der Waals surface area contributed by atoms with Crippen molar-refractivity contribution < 1.29 is 0 Å². The monoisotopic (exact) mass is 209 g/mol. The lowest BCUT2D eigenvalue weighted by molar-refractivity contribution is 0.830. The molecule has 0 bridgehead atoms. The van der Waals surface area contributed by atoms with E-state index in [1.165, 1.54) is 6.33 Å². The number of nitrogen functional groups attached to an aromatic ring is 1. The van der Waals surface area contributed by atoms with Gasteiger partial charge >= 0.3 is 0 Å². The second-order valence-corrected chi connectivity index (χ2v) is 3.30. The van der Waals surface area contributed by atoms with Crippen LogP contribution in [0.25, 0.3) is 0 Å². The van der Waals surface area contributed by atoms with Crippen LogP contribution in [0.4, 0.5) is 17.3 Å². The molecule has 0 amide bonds. The highest BCUT2D eigenvalue weighted by molar-refractivity contribution is 5.73. The average Bonchev–Trinajstić information content (AvgIpc) is 2.24. The Balaban J connectivity index is 2.66. The van der Waals surface area contributed by atoms with Gasteiger partial charge in [0.1, 0.15) is 12.0 Å². The lowest BCUT2D eigenvalue weighted by atomic mass is 10.3. The van der Waals surface area contributed by atoms with Gasteiger partial charge < -0.3 is 16.4 Å². The molecule has 0 aliphatic rings. The van der Waals surface area contributed by atoms with Gasteiger partial charge in [-0.25, -0.2) is 9.97 Å². The van der Waals surface area contributed by atoms with Crippen LogP contribution in [-0.2, 0) is 0 Å². The summed E-state index contributed by atoms with van der Waals surface area (Å²) in [5.74, 6) is 1.42. The van der Waals surface area contributed by atoms with E-state index in [2.05, 4.69) is 27.5 Å². The number of hydrogen-bond acceptors (Lipinski definition) is 5. The second kappa shape index (κ2) is 6.06. The molecule has 0 spiro atoms. The van der Waals surface area contributed by atoms with Gasteiger partial charge in [-0.15, -0.1) is 0 Å². The van der Waals surface area contributed by atoms with Crippen LogP contribution in [0.2, 0.25) is 0 Å². The summed E-state index contributed by atoms with van der Waals surface area (Å²) in [5, 5.41) is 6.29. The molecular weight excluding hydrogens is 190 g/mol. The number of nitrogens with zero attached hydrogens (tertiary/aromatic N) is 2. The predicted octanol–water partition coefficient (Wildman–Crippen LogP) is 1.70. The summed E-state index contributed by atoms with van der Waals surface area (Å²) in [6.07, 6.45) is 3.78. The Morgan fingerprint density at radius 2 is 1.87 bits per heavy atom. The van der Waals surface area contributed by atoms with Gasteiger partial charge in [-0.1, -0.05) is 13.3 Å². The van der Waals surface area contributed by atoms with Crippen molar-refractivity contribution in [3.05, 3.63) is 6.33 Å². The van der Waals surface area contributed by atoms with Crippen LogP contribution in [0.5, 0.6) is 0 Å². The molecule has 1 aromatic rings. The first-order valence-electron chi connectivity index (χ1n) is 5.37. The summed E-state index contributed by atoms with van der Waals surface area (Å²) in [7, 11) is 0. The van der Waals surface area contributed by atoms with E-state index in [4.69, 9.17) is 5.73 Å². The van der Waals surface area contributed by atoms with Crippen molar-refractivity contribution >= 4 is 17.3 Å². The largest absolute Gasteiger partial charge is 0.393 e. The minimum atomic E-state index is 0.593. The van der Waals surface area contributed by atoms with Crippen LogP contribution >= 0.6 is 0 Å². The first-order valence-corrected chi connectivity index (χ1v) is 5.37. The summed E-state index contributed by atoms with van der Waals surface area (Å²) in [5.41, 5.74) is 6.49. The molecule has 0 unspecified atom stereocenters. The molecule has 5 heteroatoms. The Bertz CT molecular complexity index is 300. The van der Waals surface area contributed by atoms with Crippen molar-refractivity contribution in [2.24, 2.45) is 0 Å². The van der Waals surface area contributed by atoms with Crippen molar-refractivity contribution in [2.45, 2.75) is 26.7 Å². The van der Waals surface area contributed by atoms with Crippen LogP contribution in [0.3, 0.4) is 0 Å². The highest BCUT2D eigenvalue weighted by atomic mass is 15.1. The lowest BCUT2D eigenvalue weighted by Crippen LogP contribution is -2.10. The Labute approximate surface area is 90.5 Å². The molecule has 0 radical (unpaired) electrons. The summed E-state index contributed by atoms with van der Waals surface area (Å²) in [4.78, 5) is 8.18. The summed E-state index contributed by atoms with van der Waals surface area (Å²) < 4.78 is 0. The minimum Gasteiger partial charge on any atom is -0.393 e. The van der Waals surface area contributed by atoms with Crippen molar-refractivity contribution in [1.82, 2.24) is 9.97 Å². The third-order valence-corrected chi connectivity index (χ3v) is 2.05. The smallest absolute Gasteiger partial charge is 0.154 e. The number of aromatic nitrogens is 2. The van der Waals surface area contributed by atoms with Gasteiger partial charge in [0.05, 0.1) is 0 Å². The fourth-order valence-corrected chi connectivity index (χ4v) is 1.23. The molecule has 1 aromatic heterocycles. The van der Waals surface area contributed by atoms with Crippen molar-refractivity contribution in [2.75, 3.05) is 29.5 Å². The van der Waals surface area contributed by atoms with Crippen LogP contribution < -0.4 is 16.4 Å². The number of nitrogens with one attached hydrogen (secondary N) is 2. The molecule has 0 atom stereocenters. The standard InChI is InChI=1S/C10H19N5/c1-3-5-6-13-10-8(11)9(12-4-2)14-7-15-10/h7H,3-6,11H2,1-2H3,(H2,12,13,14,15). The number of rotatable bonds is 6. The van der Waals surface area contributed by atoms with E-state index in [0.717, 1.165) is 31.7 Å². The maximum Gasteiger partial charge on any atom is 0.154 e. The minimum absolute atomic E-state index is 0.593. The second-order valence-electron chi connectivity index (χ2n) is 3.30. The molecule has 0 aromatic carbocycles. The maximum absolute atomic E-state index is 5.90. The Morgan fingerprint density at radius 3 is 2.47 bits per heavy atom. The SMILES string of the molecule is CCCCNc1ncnc(NCC)c1N. The fraction of sp³-hybridized carbons (Fsp3) is 0.600. The van der Waals surface area contributed by atoms with E-state index in [1.807, 2.05) is 6.92 Å². The van der Waals surface area contributed by atoms with Gasteiger partial charge in [-0.05, 0) is 13.3 Å². The van der Waals surface area contributed by atoms with Crippen LogP contribution in [0.1, 0.15) is 26.7 Å².